The summed E-state index contributed by atoms with van der Waals surface area (Å²) in [4.78, 5) is 22.2. The quantitative estimate of drug-likeness (QED) is 0.854. The Morgan fingerprint density at radius 2 is 1.52 bits per heavy atom. The van der Waals surface area contributed by atoms with Crippen molar-refractivity contribution in [3.8, 4) is 0 Å². The van der Waals surface area contributed by atoms with Gasteiger partial charge in [0.2, 0.25) is 0 Å². The largest absolute Gasteiger partial charge is 0.481 e. The average molecular weight is 284 g/mol. The first-order valence-corrected chi connectivity index (χ1v) is 6.68. The van der Waals surface area contributed by atoms with Crippen LogP contribution in [0.4, 0.5) is 0 Å². The van der Waals surface area contributed by atoms with Crippen molar-refractivity contribution in [2.24, 2.45) is 0 Å². The summed E-state index contributed by atoms with van der Waals surface area (Å²) in [5, 5.41) is 18.2. The van der Waals surface area contributed by atoms with Crippen LogP contribution in [0.3, 0.4) is 0 Å². The predicted octanol–water partition coefficient (Wildman–Crippen LogP) is 3.19. The van der Waals surface area contributed by atoms with Crippen LogP contribution in [0.25, 0.3) is 0 Å². The molecule has 2 rings (SSSR count). The standard InChI is InChI=1S/C17H16O4/c18-16(19)14-9-7-13(8-10-14)15(17(20)21)11-6-12-4-2-1-3-5-12/h1-5,7-10,15H,6,11H2,(H,18,19)(H,20,21). The first-order chi connectivity index (χ1) is 10.1. The van der Waals surface area contributed by atoms with Crippen molar-refractivity contribution in [1.82, 2.24) is 0 Å². The minimum absolute atomic E-state index is 0.158. The molecule has 4 nitrogen and oxygen atoms in total. The molecule has 0 aliphatic heterocycles. The minimum atomic E-state index is -1.02. The molecule has 0 bridgehead atoms. The van der Waals surface area contributed by atoms with E-state index in [-0.39, 0.29) is 5.56 Å². The van der Waals surface area contributed by atoms with Crippen LogP contribution in [0.5, 0.6) is 0 Å². The Labute approximate surface area is 122 Å². The molecule has 108 valence electrons. The smallest absolute Gasteiger partial charge is 0.335 e. The van der Waals surface area contributed by atoms with Gasteiger partial charge in [0.1, 0.15) is 0 Å². The summed E-state index contributed by atoms with van der Waals surface area (Å²) in [6, 6.07) is 15.7. The van der Waals surface area contributed by atoms with Crippen LogP contribution < -0.4 is 0 Å². The number of hydrogen-bond acceptors (Lipinski definition) is 2. The molecule has 21 heavy (non-hydrogen) atoms. The van der Waals surface area contributed by atoms with Crippen molar-refractivity contribution >= 4 is 11.9 Å². The fourth-order valence-electron chi connectivity index (χ4n) is 2.25. The van der Waals surface area contributed by atoms with E-state index < -0.39 is 17.9 Å². The monoisotopic (exact) mass is 284 g/mol. The maximum absolute atomic E-state index is 11.4. The summed E-state index contributed by atoms with van der Waals surface area (Å²) in [6.07, 6.45) is 1.14. The van der Waals surface area contributed by atoms with Crippen molar-refractivity contribution in [2.45, 2.75) is 18.8 Å². The molecular weight excluding hydrogens is 268 g/mol. The number of benzene rings is 2. The van der Waals surface area contributed by atoms with E-state index in [1.807, 2.05) is 30.3 Å². The van der Waals surface area contributed by atoms with Gasteiger partial charge in [0.15, 0.2) is 0 Å². The summed E-state index contributed by atoms with van der Waals surface area (Å²) < 4.78 is 0. The van der Waals surface area contributed by atoms with Crippen LogP contribution >= 0.6 is 0 Å². The highest BCUT2D eigenvalue weighted by Crippen LogP contribution is 2.23. The van der Waals surface area contributed by atoms with Crippen molar-refractivity contribution < 1.29 is 19.8 Å². The van der Waals surface area contributed by atoms with Gasteiger partial charge in [0.05, 0.1) is 11.5 Å². The number of aryl methyl sites for hydroxylation is 1. The highest BCUT2D eigenvalue weighted by atomic mass is 16.4. The number of carboxylic acids is 2. The molecule has 0 fully saturated rings. The van der Waals surface area contributed by atoms with Crippen LogP contribution in [0, 0.1) is 0 Å². The normalized spacial score (nSPS) is 11.8. The van der Waals surface area contributed by atoms with Crippen LogP contribution in [0.15, 0.2) is 54.6 Å². The SMILES string of the molecule is O=C(O)c1ccc(C(CCc2ccccc2)C(=O)O)cc1. The Hall–Kier alpha value is -2.62. The summed E-state index contributed by atoms with van der Waals surface area (Å²) in [5.41, 5.74) is 1.88. The minimum Gasteiger partial charge on any atom is -0.481 e. The van der Waals surface area contributed by atoms with Crippen LogP contribution in [0.2, 0.25) is 0 Å². The zero-order valence-electron chi connectivity index (χ0n) is 11.4. The van der Waals surface area contributed by atoms with E-state index in [0.717, 1.165) is 5.56 Å². The molecule has 0 aromatic heterocycles. The Bertz CT molecular complexity index is 617. The lowest BCUT2D eigenvalue weighted by molar-refractivity contribution is -0.138. The predicted molar refractivity (Wildman–Crippen MR) is 78.5 cm³/mol. The molecule has 0 aliphatic rings. The van der Waals surface area contributed by atoms with Crippen LogP contribution in [-0.2, 0) is 11.2 Å². The van der Waals surface area contributed by atoms with E-state index in [1.54, 1.807) is 12.1 Å². The van der Waals surface area contributed by atoms with Gasteiger partial charge in [-0.3, -0.25) is 4.79 Å². The third kappa shape index (κ3) is 3.92. The van der Waals surface area contributed by atoms with Crippen molar-refractivity contribution in [1.29, 1.82) is 0 Å². The van der Waals surface area contributed by atoms with Crippen LogP contribution in [-0.4, -0.2) is 22.2 Å². The van der Waals surface area contributed by atoms with Gasteiger partial charge in [0.25, 0.3) is 0 Å². The zero-order chi connectivity index (χ0) is 15.2. The summed E-state index contributed by atoms with van der Waals surface area (Å²) in [7, 11) is 0. The van der Waals surface area contributed by atoms with Crippen molar-refractivity contribution in [3.05, 3.63) is 71.3 Å². The second-order valence-electron chi connectivity index (χ2n) is 4.84. The molecule has 0 saturated heterocycles. The van der Waals surface area contributed by atoms with Gasteiger partial charge in [-0.2, -0.15) is 0 Å². The van der Waals surface area contributed by atoms with Gasteiger partial charge in [-0.05, 0) is 36.1 Å². The highest BCUT2D eigenvalue weighted by Gasteiger charge is 2.20. The molecule has 0 aliphatic carbocycles. The Morgan fingerprint density at radius 1 is 0.905 bits per heavy atom. The molecular formula is C17H16O4. The van der Waals surface area contributed by atoms with Gasteiger partial charge in [-0.25, -0.2) is 4.79 Å². The number of aromatic carboxylic acids is 1. The molecule has 4 heteroatoms. The van der Waals surface area contributed by atoms with Crippen molar-refractivity contribution in [2.75, 3.05) is 0 Å². The third-order valence-electron chi connectivity index (χ3n) is 3.42. The van der Waals surface area contributed by atoms with Gasteiger partial charge in [-0.15, -0.1) is 0 Å². The van der Waals surface area contributed by atoms with E-state index in [0.29, 0.717) is 18.4 Å². The number of carboxylic acid groups (broad SMARTS) is 2. The number of hydrogen-bond donors (Lipinski definition) is 2. The maximum atomic E-state index is 11.4. The number of carbonyl (C=O) groups is 2. The molecule has 1 unspecified atom stereocenters. The molecule has 0 amide bonds. The Balaban J connectivity index is 2.11. The summed E-state index contributed by atoms with van der Waals surface area (Å²) in [6.45, 7) is 0. The summed E-state index contributed by atoms with van der Waals surface area (Å²) in [5.74, 6) is -2.54. The number of aliphatic carboxylic acids is 1. The molecule has 2 aromatic carbocycles. The lowest BCUT2D eigenvalue weighted by Gasteiger charge is -2.13. The Kier molecular flexibility index (Phi) is 4.72. The molecule has 0 heterocycles. The number of rotatable bonds is 6. The molecule has 2 N–H and O–H groups in total. The van der Waals surface area contributed by atoms with E-state index in [1.165, 1.54) is 12.1 Å². The maximum Gasteiger partial charge on any atom is 0.335 e. The molecule has 0 radical (unpaired) electrons. The lowest BCUT2D eigenvalue weighted by Crippen LogP contribution is -2.13. The van der Waals surface area contributed by atoms with Gasteiger partial charge in [-0.1, -0.05) is 42.5 Å². The zero-order valence-corrected chi connectivity index (χ0v) is 11.4. The van der Waals surface area contributed by atoms with E-state index >= 15 is 0 Å². The second-order valence-corrected chi connectivity index (χ2v) is 4.84. The van der Waals surface area contributed by atoms with Gasteiger partial charge < -0.3 is 10.2 Å². The molecule has 0 saturated carbocycles. The average Bonchev–Trinajstić information content (AvgIpc) is 2.48. The first kappa shape index (κ1) is 14.8. The molecule has 2 aromatic rings. The van der Waals surface area contributed by atoms with Crippen molar-refractivity contribution in [3.63, 3.8) is 0 Å². The molecule has 0 spiro atoms. The summed E-state index contributed by atoms with van der Waals surface area (Å²) >= 11 is 0. The topological polar surface area (TPSA) is 74.6 Å². The van der Waals surface area contributed by atoms with Crippen LogP contribution in [0.1, 0.15) is 33.8 Å². The van der Waals surface area contributed by atoms with E-state index in [4.69, 9.17) is 5.11 Å². The lowest BCUT2D eigenvalue weighted by atomic mass is 9.92. The van der Waals surface area contributed by atoms with Gasteiger partial charge >= 0.3 is 11.9 Å². The highest BCUT2D eigenvalue weighted by molar-refractivity contribution is 5.87. The van der Waals surface area contributed by atoms with E-state index in [2.05, 4.69) is 0 Å². The first-order valence-electron chi connectivity index (χ1n) is 6.68. The third-order valence-corrected chi connectivity index (χ3v) is 3.42. The Morgan fingerprint density at radius 3 is 2.05 bits per heavy atom. The fraction of sp³-hybridized carbons (Fsp3) is 0.176. The molecule has 1 atom stereocenters. The fourth-order valence-corrected chi connectivity index (χ4v) is 2.25. The van der Waals surface area contributed by atoms with Gasteiger partial charge in [0, 0.05) is 0 Å². The van der Waals surface area contributed by atoms with E-state index in [9.17, 15) is 14.7 Å². The second kappa shape index (κ2) is 6.70.